The van der Waals surface area contributed by atoms with E-state index in [0.29, 0.717) is 12.9 Å². The highest BCUT2D eigenvalue weighted by atomic mass is 127. The predicted molar refractivity (Wildman–Crippen MR) is 83.3 cm³/mol. The number of hydrogen-bond acceptors (Lipinski definition) is 2. The highest BCUT2D eigenvalue weighted by Gasteiger charge is 2.32. The largest absolute Gasteiger partial charge is 0.490 e. The summed E-state index contributed by atoms with van der Waals surface area (Å²) in [4.78, 5) is 0. The molecule has 0 aliphatic carbocycles. The number of rotatable bonds is 3. The number of ether oxygens (including phenoxy) is 1. The van der Waals surface area contributed by atoms with Gasteiger partial charge in [-0.1, -0.05) is 0 Å². The average molecular weight is 507 g/mol. The molecule has 1 aromatic rings. The molecule has 18 heavy (non-hydrogen) atoms. The molecular formula is C10H11ClF3I2NO. The van der Waals surface area contributed by atoms with Gasteiger partial charge in [0.25, 0.3) is 0 Å². The van der Waals surface area contributed by atoms with E-state index in [9.17, 15) is 13.2 Å². The summed E-state index contributed by atoms with van der Waals surface area (Å²) in [6.45, 7) is 2.04. The van der Waals surface area contributed by atoms with Crippen molar-refractivity contribution in [2.75, 3.05) is 6.61 Å². The monoisotopic (exact) mass is 507 g/mol. The van der Waals surface area contributed by atoms with Crippen LogP contribution < -0.4 is 10.5 Å². The molecule has 0 aliphatic rings. The first-order valence-corrected chi connectivity index (χ1v) is 6.82. The van der Waals surface area contributed by atoms with Crippen molar-refractivity contribution in [2.24, 2.45) is 5.73 Å². The van der Waals surface area contributed by atoms with E-state index in [0.717, 1.165) is 12.1 Å². The lowest BCUT2D eigenvalue weighted by Gasteiger charge is -2.15. The van der Waals surface area contributed by atoms with Crippen LogP contribution in [0.3, 0.4) is 0 Å². The van der Waals surface area contributed by atoms with Crippen LogP contribution in [-0.2, 0) is 6.18 Å². The van der Waals surface area contributed by atoms with Gasteiger partial charge in [-0.05, 0) is 64.2 Å². The molecular weight excluding hydrogens is 496 g/mol. The van der Waals surface area contributed by atoms with Crippen LogP contribution in [-0.4, -0.2) is 12.6 Å². The first-order chi connectivity index (χ1) is 7.71. The molecule has 2 N–H and O–H groups in total. The summed E-state index contributed by atoms with van der Waals surface area (Å²) in [7, 11) is 0. The van der Waals surface area contributed by atoms with Crippen LogP contribution in [0.25, 0.3) is 0 Å². The van der Waals surface area contributed by atoms with Gasteiger partial charge in [-0.15, -0.1) is 12.4 Å². The quantitative estimate of drug-likeness (QED) is 0.627. The standard InChI is InChI=1S/C10H10F3I2NO.ClH/c1-5(16)4-17-9-7(14)2-6(3-8(9)15)10(11,12)13;/h2-3,5H,4,16H2,1H3;1H. The first-order valence-electron chi connectivity index (χ1n) is 4.66. The van der Waals surface area contributed by atoms with Gasteiger partial charge in [0.2, 0.25) is 0 Å². The van der Waals surface area contributed by atoms with Crippen LogP contribution >= 0.6 is 57.6 Å². The molecule has 0 saturated heterocycles. The van der Waals surface area contributed by atoms with Crippen molar-refractivity contribution >= 4 is 57.6 Å². The van der Waals surface area contributed by atoms with E-state index in [1.165, 1.54) is 0 Å². The Morgan fingerprint density at radius 2 is 1.72 bits per heavy atom. The van der Waals surface area contributed by atoms with Crippen molar-refractivity contribution in [1.82, 2.24) is 0 Å². The van der Waals surface area contributed by atoms with E-state index in [2.05, 4.69) is 0 Å². The Morgan fingerprint density at radius 1 is 1.28 bits per heavy atom. The lowest BCUT2D eigenvalue weighted by Crippen LogP contribution is -2.24. The molecule has 1 unspecified atom stereocenters. The van der Waals surface area contributed by atoms with E-state index in [1.54, 1.807) is 6.92 Å². The summed E-state index contributed by atoms with van der Waals surface area (Å²) >= 11 is 3.66. The van der Waals surface area contributed by atoms with Crippen LogP contribution in [0.15, 0.2) is 12.1 Å². The van der Waals surface area contributed by atoms with Gasteiger partial charge in [0.15, 0.2) is 0 Å². The van der Waals surface area contributed by atoms with Gasteiger partial charge >= 0.3 is 6.18 Å². The van der Waals surface area contributed by atoms with Gasteiger partial charge < -0.3 is 10.5 Å². The minimum Gasteiger partial charge on any atom is -0.490 e. The zero-order valence-electron chi connectivity index (χ0n) is 9.22. The summed E-state index contributed by atoms with van der Waals surface area (Å²) in [6.07, 6.45) is -4.33. The smallest absolute Gasteiger partial charge is 0.416 e. The number of benzene rings is 1. The number of hydrogen-bond donors (Lipinski definition) is 1. The van der Waals surface area contributed by atoms with E-state index in [4.69, 9.17) is 10.5 Å². The summed E-state index contributed by atoms with van der Waals surface area (Å²) in [5.41, 5.74) is 4.86. The Labute approximate surface area is 137 Å². The van der Waals surface area contributed by atoms with Gasteiger partial charge in [0, 0.05) is 6.04 Å². The maximum atomic E-state index is 12.5. The third-order valence-corrected chi connectivity index (χ3v) is 3.42. The normalized spacial score (nSPS) is 12.8. The van der Waals surface area contributed by atoms with Gasteiger partial charge in [-0.2, -0.15) is 13.2 Å². The molecule has 0 aliphatic heterocycles. The van der Waals surface area contributed by atoms with Crippen molar-refractivity contribution in [3.05, 3.63) is 24.8 Å². The third kappa shape index (κ3) is 5.25. The fraction of sp³-hybridized carbons (Fsp3) is 0.400. The average Bonchev–Trinajstić information content (AvgIpc) is 2.14. The third-order valence-electron chi connectivity index (χ3n) is 1.82. The molecule has 1 aromatic carbocycles. The summed E-state index contributed by atoms with van der Waals surface area (Å²) < 4.78 is 43.8. The Kier molecular flexibility index (Phi) is 7.55. The topological polar surface area (TPSA) is 35.2 Å². The lowest BCUT2D eigenvalue weighted by atomic mass is 10.2. The van der Waals surface area contributed by atoms with Crippen molar-refractivity contribution in [2.45, 2.75) is 19.1 Å². The van der Waals surface area contributed by atoms with E-state index in [-0.39, 0.29) is 25.1 Å². The summed E-state index contributed by atoms with van der Waals surface area (Å²) in [5.74, 6) is 0.455. The van der Waals surface area contributed by atoms with Crippen molar-refractivity contribution in [3.63, 3.8) is 0 Å². The van der Waals surface area contributed by atoms with Crippen molar-refractivity contribution in [1.29, 1.82) is 0 Å². The van der Waals surface area contributed by atoms with E-state index < -0.39 is 11.7 Å². The highest BCUT2D eigenvalue weighted by molar-refractivity contribution is 14.1. The fourth-order valence-electron chi connectivity index (χ4n) is 1.08. The molecule has 0 radical (unpaired) electrons. The molecule has 8 heteroatoms. The first kappa shape index (κ1) is 18.5. The fourth-order valence-corrected chi connectivity index (χ4v) is 3.16. The second kappa shape index (κ2) is 7.34. The molecule has 0 heterocycles. The Bertz CT molecular complexity index is 390. The van der Waals surface area contributed by atoms with Crippen molar-refractivity contribution < 1.29 is 17.9 Å². The molecule has 0 fully saturated rings. The van der Waals surface area contributed by atoms with Crippen LogP contribution in [0.4, 0.5) is 13.2 Å². The number of alkyl halides is 3. The summed E-state index contributed by atoms with van der Waals surface area (Å²) in [6, 6.07) is 1.97. The van der Waals surface area contributed by atoms with Gasteiger partial charge in [-0.25, -0.2) is 0 Å². The second-order valence-corrected chi connectivity index (χ2v) is 5.88. The Hall–Kier alpha value is 0.520. The Morgan fingerprint density at radius 3 is 2.06 bits per heavy atom. The molecule has 2 nitrogen and oxygen atoms in total. The lowest BCUT2D eigenvalue weighted by molar-refractivity contribution is -0.137. The van der Waals surface area contributed by atoms with Crippen LogP contribution in [0.5, 0.6) is 5.75 Å². The number of halogens is 6. The molecule has 0 saturated carbocycles. The molecule has 0 aromatic heterocycles. The van der Waals surface area contributed by atoms with Crippen molar-refractivity contribution in [3.8, 4) is 5.75 Å². The molecule has 0 bridgehead atoms. The van der Waals surface area contributed by atoms with Gasteiger partial charge in [-0.3, -0.25) is 0 Å². The molecule has 0 spiro atoms. The highest BCUT2D eigenvalue weighted by Crippen LogP contribution is 2.36. The second-order valence-electron chi connectivity index (χ2n) is 3.56. The molecule has 104 valence electrons. The number of nitrogens with two attached hydrogens (primary N) is 1. The van der Waals surface area contributed by atoms with E-state index in [1.807, 2.05) is 45.2 Å². The molecule has 0 amide bonds. The van der Waals surface area contributed by atoms with Crippen LogP contribution in [0, 0.1) is 7.14 Å². The SMILES string of the molecule is CC(N)COc1c(I)cc(C(F)(F)F)cc1I.Cl. The Balaban J connectivity index is 0.00000289. The van der Waals surface area contributed by atoms with Gasteiger partial charge in [0.05, 0.1) is 12.7 Å². The minimum atomic E-state index is -4.33. The zero-order valence-corrected chi connectivity index (χ0v) is 14.4. The van der Waals surface area contributed by atoms with Crippen LogP contribution in [0.2, 0.25) is 0 Å². The minimum absolute atomic E-state index is 0. The summed E-state index contributed by atoms with van der Waals surface area (Å²) in [5, 5.41) is 0. The zero-order chi connectivity index (χ0) is 13.2. The predicted octanol–water partition coefficient (Wildman–Crippen LogP) is 4.06. The molecule has 1 atom stereocenters. The molecule has 1 rings (SSSR count). The van der Waals surface area contributed by atoms with Crippen LogP contribution in [0.1, 0.15) is 12.5 Å². The van der Waals surface area contributed by atoms with E-state index >= 15 is 0 Å². The van der Waals surface area contributed by atoms with Gasteiger partial charge in [0.1, 0.15) is 12.4 Å². The maximum Gasteiger partial charge on any atom is 0.416 e. The maximum absolute atomic E-state index is 12.5.